The highest BCUT2D eigenvalue weighted by molar-refractivity contribution is 5.86. The summed E-state index contributed by atoms with van der Waals surface area (Å²) in [6.07, 6.45) is 0. The number of nitro groups is 1. The Hall–Kier alpha value is -2.35. The number of nitrogens with one attached hydrogen (secondary N) is 2. The summed E-state index contributed by atoms with van der Waals surface area (Å²) in [6.45, 7) is 4.34. The molecular formula is C13H19N5O3. The van der Waals surface area contributed by atoms with E-state index in [0.29, 0.717) is 19.6 Å². The average molecular weight is 293 g/mol. The highest BCUT2D eigenvalue weighted by Gasteiger charge is 2.29. The number of nitrogens with zero attached hydrogens (tertiary/aromatic N) is 2. The van der Waals surface area contributed by atoms with Gasteiger partial charge in [0.1, 0.15) is 11.7 Å². The molecule has 0 radical (unpaired) electrons. The molecule has 8 nitrogen and oxygen atoms in total. The Bertz CT molecular complexity index is 549. The molecule has 1 aromatic carbocycles. The second kappa shape index (κ2) is 6.40. The zero-order valence-corrected chi connectivity index (χ0v) is 11.8. The van der Waals surface area contributed by atoms with Crippen LogP contribution in [0.2, 0.25) is 0 Å². The van der Waals surface area contributed by atoms with Crippen LogP contribution in [-0.4, -0.2) is 43.1 Å². The van der Waals surface area contributed by atoms with Crippen molar-refractivity contribution >= 4 is 23.0 Å². The summed E-state index contributed by atoms with van der Waals surface area (Å²) >= 11 is 0. The van der Waals surface area contributed by atoms with Gasteiger partial charge in [0.25, 0.3) is 5.69 Å². The topological polar surface area (TPSA) is 114 Å². The normalized spacial score (nSPS) is 18.3. The second-order valence-corrected chi connectivity index (χ2v) is 4.81. The number of piperazine rings is 1. The Kier molecular flexibility index (Phi) is 4.59. The standard InChI is InChI=1S/C13H19N5O3/c1-2-16-13(19)12-8-15-5-6-17(12)9-3-4-11(18(20)21)10(14)7-9/h3-4,7,12,15H,2,5-6,8,14H2,1H3,(H,16,19). The van der Waals surface area contributed by atoms with Crippen molar-refractivity contribution in [3.8, 4) is 0 Å². The molecule has 0 spiro atoms. The van der Waals surface area contributed by atoms with Gasteiger partial charge in [-0.25, -0.2) is 0 Å². The fraction of sp³-hybridized carbons (Fsp3) is 0.462. The molecule has 1 aliphatic heterocycles. The number of nitro benzene ring substituents is 1. The SMILES string of the molecule is CCNC(=O)C1CNCCN1c1ccc([N+](=O)[O-])c(N)c1. The molecule has 8 heteroatoms. The molecule has 1 aliphatic rings. The molecule has 0 bridgehead atoms. The van der Waals surface area contributed by atoms with E-state index in [1.165, 1.54) is 6.07 Å². The minimum Gasteiger partial charge on any atom is -0.393 e. The van der Waals surface area contributed by atoms with Crippen molar-refractivity contribution in [1.82, 2.24) is 10.6 Å². The Morgan fingerprint density at radius 1 is 1.62 bits per heavy atom. The largest absolute Gasteiger partial charge is 0.393 e. The summed E-state index contributed by atoms with van der Waals surface area (Å²) in [4.78, 5) is 24.3. The number of hydrogen-bond donors (Lipinski definition) is 3. The summed E-state index contributed by atoms with van der Waals surface area (Å²) < 4.78 is 0. The molecule has 1 heterocycles. The molecule has 0 saturated carbocycles. The number of carbonyl (C=O) groups excluding carboxylic acids is 1. The van der Waals surface area contributed by atoms with Crippen LogP contribution in [0.4, 0.5) is 17.1 Å². The fourth-order valence-electron chi connectivity index (χ4n) is 2.43. The summed E-state index contributed by atoms with van der Waals surface area (Å²) in [5.41, 5.74) is 6.42. The van der Waals surface area contributed by atoms with Gasteiger partial charge in [-0.1, -0.05) is 0 Å². The predicted octanol–water partition coefficient (Wildman–Crippen LogP) is 0.0913. The third kappa shape index (κ3) is 3.22. The first-order valence-corrected chi connectivity index (χ1v) is 6.83. The maximum Gasteiger partial charge on any atom is 0.292 e. The highest BCUT2D eigenvalue weighted by atomic mass is 16.6. The molecular weight excluding hydrogens is 274 g/mol. The van der Waals surface area contributed by atoms with Crippen LogP contribution in [0.5, 0.6) is 0 Å². The lowest BCUT2D eigenvalue weighted by Crippen LogP contribution is -2.58. The van der Waals surface area contributed by atoms with Crippen molar-refractivity contribution < 1.29 is 9.72 Å². The summed E-state index contributed by atoms with van der Waals surface area (Å²) in [5.74, 6) is -0.0679. The first kappa shape index (κ1) is 15.0. The zero-order valence-electron chi connectivity index (χ0n) is 11.8. The minimum atomic E-state index is -0.516. The van der Waals surface area contributed by atoms with Gasteiger partial charge in [0.05, 0.1) is 4.92 Å². The van der Waals surface area contributed by atoms with Gasteiger partial charge in [-0.3, -0.25) is 14.9 Å². The number of amides is 1. The molecule has 1 unspecified atom stereocenters. The van der Waals surface area contributed by atoms with Crippen molar-refractivity contribution in [1.29, 1.82) is 0 Å². The minimum absolute atomic E-state index is 0.0679. The van der Waals surface area contributed by atoms with E-state index in [-0.39, 0.29) is 23.3 Å². The number of anilines is 2. The molecule has 1 saturated heterocycles. The van der Waals surface area contributed by atoms with Crippen molar-refractivity contribution in [2.24, 2.45) is 0 Å². The lowest BCUT2D eigenvalue weighted by molar-refractivity contribution is -0.383. The molecule has 0 aliphatic carbocycles. The van der Waals surface area contributed by atoms with Gasteiger partial charge in [-0.2, -0.15) is 0 Å². The molecule has 1 aromatic rings. The van der Waals surface area contributed by atoms with Crippen molar-refractivity contribution in [3.63, 3.8) is 0 Å². The molecule has 1 fully saturated rings. The molecule has 114 valence electrons. The molecule has 0 aromatic heterocycles. The summed E-state index contributed by atoms with van der Waals surface area (Å²) in [7, 11) is 0. The number of hydrogen-bond acceptors (Lipinski definition) is 6. The molecule has 1 amide bonds. The Morgan fingerprint density at radius 2 is 2.38 bits per heavy atom. The van der Waals surface area contributed by atoms with E-state index in [9.17, 15) is 14.9 Å². The van der Waals surface area contributed by atoms with Crippen LogP contribution < -0.4 is 21.3 Å². The van der Waals surface area contributed by atoms with Crippen molar-refractivity contribution in [2.75, 3.05) is 36.8 Å². The molecule has 1 atom stereocenters. The Balaban J connectivity index is 2.27. The quantitative estimate of drug-likeness (QED) is 0.412. The monoisotopic (exact) mass is 293 g/mol. The lowest BCUT2D eigenvalue weighted by atomic mass is 10.1. The van der Waals surface area contributed by atoms with Crippen LogP contribution in [0.25, 0.3) is 0 Å². The van der Waals surface area contributed by atoms with E-state index in [1.807, 2.05) is 11.8 Å². The third-order valence-corrected chi connectivity index (χ3v) is 3.44. The van der Waals surface area contributed by atoms with E-state index < -0.39 is 4.92 Å². The second-order valence-electron chi connectivity index (χ2n) is 4.81. The highest BCUT2D eigenvalue weighted by Crippen LogP contribution is 2.28. The van der Waals surface area contributed by atoms with Crippen LogP contribution in [0.1, 0.15) is 6.92 Å². The number of carbonyl (C=O) groups is 1. The summed E-state index contributed by atoms with van der Waals surface area (Å²) in [5, 5.41) is 16.8. The maximum absolute atomic E-state index is 12.1. The summed E-state index contributed by atoms with van der Waals surface area (Å²) in [6, 6.07) is 4.21. The first-order valence-electron chi connectivity index (χ1n) is 6.83. The first-order chi connectivity index (χ1) is 10.0. The van der Waals surface area contributed by atoms with E-state index >= 15 is 0 Å². The van der Waals surface area contributed by atoms with Crippen molar-refractivity contribution in [2.45, 2.75) is 13.0 Å². The smallest absolute Gasteiger partial charge is 0.292 e. The van der Waals surface area contributed by atoms with E-state index in [1.54, 1.807) is 12.1 Å². The van der Waals surface area contributed by atoms with Gasteiger partial charge >= 0.3 is 0 Å². The number of nitrogen functional groups attached to an aromatic ring is 1. The Labute approximate surface area is 122 Å². The number of nitrogens with two attached hydrogens (primary N) is 1. The molecule has 21 heavy (non-hydrogen) atoms. The van der Waals surface area contributed by atoms with Gasteiger partial charge < -0.3 is 21.3 Å². The van der Waals surface area contributed by atoms with Crippen LogP contribution in [0.15, 0.2) is 18.2 Å². The van der Waals surface area contributed by atoms with Gasteiger partial charge in [0.15, 0.2) is 0 Å². The van der Waals surface area contributed by atoms with Crippen LogP contribution in [0.3, 0.4) is 0 Å². The predicted molar refractivity (Wildman–Crippen MR) is 80.2 cm³/mol. The van der Waals surface area contributed by atoms with E-state index in [2.05, 4.69) is 10.6 Å². The van der Waals surface area contributed by atoms with Gasteiger partial charge in [-0.05, 0) is 19.1 Å². The zero-order chi connectivity index (χ0) is 15.4. The fourth-order valence-corrected chi connectivity index (χ4v) is 2.43. The van der Waals surface area contributed by atoms with Gasteiger partial charge in [0.2, 0.25) is 5.91 Å². The van der Waals surface area contributed by atoms with Gasteiger partial charge in [-0.15, -0.1) is 0 Å². The number of likely N-dealkylation sites (N-methyl/N-ethyl adjacent to an activating group) is 1. The van der Waals surface area contributed by atoms with E-state index in [0.717, 1.165) is 12.2 Å². The van der Waals surface area contributed by atoms with Crippen LogP contribution in [-0.2, 0) is 4.79 Å². The number of benzene rings is 1. The maximum atomic E-state index is 12.1. The lowest BCUT2D eigenvalue weighted by Gasteiger charge is -2.37. The van der Waals surface area contributed by atoms with E-state index in [4.69, 9.17) is 5.73 Å². The third-order valence-electron chi connectivity index (χ3n) is 3.44. The van der Waals surface area contributed by atoms with Gasteiger partial charge in [0, 0.05) is 37.9 Å². The number of rotatable bonds is 4. The average Bonchev–Trinajstić information content (AvgIpc) is 2.47. The molecule has 4 N–H and O–H groups in total. The van der Waals surface area contributed by atoms with Crippen LogP contribution >= 0.6 is 0 Å². The van der Waals surface area contributed by atoms with Crippen molar-refractivity contribution in [3.05, 3.63) is 28.3 Å². The Morgan fingerprint density at radius 3 is 3.00 bits per heavy atom. The van der Waals surface area contributed by atoms with Crippen LogP contribution in [0, 0.1) is 10.1 Å². The molecule has 2 rings (SSSR count).